The summed E-state index contributed by atoms with van der Waals surface area (Å²) in [5.74, 6) is 0.669. The molecule has 3 rings (SSSR count). The van der Waals surface area contributed by atoms with Gasteiger partial charge in [-0.1, -0.05) is 18.2 Å². The largest absolute Gasteiger partial charge is 0.459 e. The lowest BCUT2D eigenvalue weighted by Gasteiger charge is -2.26. The predicted molar refractivity (Wildman–Crippen MR) is 58.2 cm³/mol. The third-order valence-electron chi connectivity index (χ3n) is 2.82. The first kappa shape index (κ1) is 8.80. The highest BCUT2D eigenvalue weighted by Crippen LogP contribution is 2.31. The van der Waals surface area contributed by atoms with Crippen LogP contribution in [0, 0.1) is 6.92 Å². The summed E-state index contributed by atoms with van der Waals surface area (Å²) in [6.45, 7) is 3.86. The summed E-state index contributed by atoms with van der Waals surface area (Å²) in [6, 6.07) is 8.01. The van der Waals surface area contributed by atoms with Crippen LogP contribution in [-0.4, -0.2) is 19.2 Å². The molecule has 3 nitrogen and oxygen atoms in total. The van der Waals surface area contributed by atoms with Crippen molar-refractivity contribution in [3.63, 3.8) is 0 Å². The van der Waals surface area contributed by atoms with Crippen molar-refractivity contribution >= 4 is 11.0 Å². The molecule has 2 heterocycles. The molecule has 1 saturated heterocycles. The number of rotatable bonds is 2. The van der Waals surface area contributed by atoms with Crippen LogP contribution in [0.15, 0.2) is 28.7 Å². The van der Waals surface area contributed by atoms with Crippen molar-refractivity contribution in [2.75, 3.05) is 13.1 Å². The predicted octanol–water partition coefficient (Wildman–Crippen LogP) is 2.09. The molecule has 0 aliphatic carbocycles. The second kappa shape index (κ2) is 3.28. The maximum atomic E-state index is 5.74. The van der Waals surface area contributed by atoms with Crippen LogP contribution >= 0.6 is 0 Å². The number of para-hydroxylation sites is 1. The van der Waals surface area contributed by atoms with Gasteiger partial charge in [-0.05, 0) is 13.0 Å². The monoisotopic (exact) mass is 203 g/mol. The van der Waals surface area contributed by atoms with Gasteiger partial charge in [0.1, 0.15) is 11.7 Å². The van der Waals surface area contributed by atoms with E-state index < -0.39 is 0 Å². The fourth-order valence-corrected chi connectivity index (χ4v) is 1.76. The summed E-state index contributed by atoms with van der Waals surface area (Å²) in [5, 5.41) is 4.31. The molecule has 78 valence electrons. The Morgan fingerprint density at radius 1 is 1.33 bits per heavy atom. The molecule has 1 fully saturated rings. The first-order valence-electron chi connectivity index (χ1n) is 5.20. The minimum atomic E-state index is 0.268. The lowest BCUT2D eigenvalue weighted by atomic mass is 10.2. The van der Waals surface area contributed by atoms with E-state index in [1.54, 1.807) is 0 Å². The Morgan fingerprint density at radius 2 is 2.13 bits per heavy atom. The topological polar surface area (TPSA) is 34.4 Å². The number of hydrogen-bond donors (Lipinski definition) is 1. The lowest BCUT2D eigenvalue weighted by molar-refractivity contribution is 0.111. The van der Waals surface area contributed by atoms with Gasteiger partial charge in [0.25, 0.3) is 5.95 Å². The molecule has 15 heavy (non-hydrogen) atoms. The van der Waals surface area contributed by atoms with E-state index in [1.165, 1.54) is 0 Å². The van der Waals surface area contributed by atoms with E-state index >= 15 is 0 Å². The van der Waals surface area contributed by atoms with Crippen LogP contribution in [0.2, 0.25) is 0 Å². The SMILES string of the molecule is Cc1c(OC2CNC2)oc2ccccc12. The Morgan fingerprint density at radius 3 is 2.80 bits per heavy atom. The Balaban J connectivity index is 1.99. The molecule has 0 spiro atoms. The van der Waals surface area contributed by atoms with Crippen LogP contribution in [0.5, 0.6) is 5.95 Å². The number of ether oxygens (including phenoxy) is 1. The van der Waals surface area contributed by atoms with Crippen LogP contribution in [0.3, 0.4) is 0 Å². The van der Waals surface area contributed by atoms with Gasteiger partial charge in [-0.2, -0.15) is 0 Å². The standard InChI is InChI=1S/C12H13NO2/c1-8-10-4-2-3-5-11(10)15-12(8)14-9-6-13-7-9/h2-5,9,13H,6-7H2,1H3. The number of hydrogen-bond acceptors (Lipinski definition) is 3. The zero-order valence-corrected chi connectivity index (χ0v) is 8.62. The quantitative estimate of drug-likeness (QED) is 0.811. The molecule has 0 atom stereocenters. The number of aryl methyl sites for hydroxylation is 1. The van der Waals surface area contributed by atoms with Gasteiger partial charge in [-0.15, -0.1) is 0 Å². The minimum Gasteiger partial charge on any atom is -0.459 e. The highest BCUT2D eigenvalue weighted by atomic mass is 16.6. The number of benzene rings is 1. The molecule has 1 aromatic carbocycles. The molecule has 3 heteroatoms. The first-order valence-corrected chi connectivity index (χ1v) is 5.20. The third-order valence-corrected chi connectivity index (χ3v) is 2.82. The number of fused-ring (bicyclic) bond motifs is 1. The normalized spacial score (nSPS) is 16.6. The fourth-order valence-electron chi connectivity index (χ4n) is 1.76. The van der Waals surface area contributed by atoms with Crippen LogP contribution in [0.25, 0.3) is 11.0 Å². The van der Waals surface area contributed by atoms with E-state index in [2.05, 4.69) is 11.4 Å². The van der Waals surface area contributed by atoms with E-state index in [9.17, 15) is 0 Å². The molecule has 0 unspecified atom stereocenters. The summed E-state index contributed by atoms with van der Waals surface area (Å²) in [6.07, 6.45) is 0.268. The maximum absolute atomic E-state index is 5.74. The van der Waals surface area contributed by atoms with Crippen molar-refractivity contribution in [1.29, 1.82) is 0 Å². The highest BCUT2D eigenvalue weighted by molar-refractivity contribution is 5.82. The van der Waals surface area contributed by atoms with Crippen LogP contribution in [0.1, 0.15) is 5.56 Å². The molecule has 0 saturated carbocycles. The summed E-state index contributed by atoms with van der Waals surface area (Å²) in [4.78, 5) is 0. The van der Waals surface area contributed by atoms with E-state index in [-0.39, 0.29) is 6.10 Å². The van der Waals surface area contributed by atoms with Gasteiger partial charge in [0.15, 0.2) is 0 Å². The molecule has 0 bridgehead atoms. The number of nitrogens with one attached hydrogen (secondary N) is 1. The molecule has 2 aromatic rings. The Bertz CT molecular complexity index is 485. The smallest absolute Gasteiger partial charge is 0.288 e. The summed E-state index contributed by atoms with van der Waals surface area (Å²) in [7, 11) is 0. The number of furan rings is 1. The molecule has 1 aliphatic rings. The lowest BCUT2D eigenvalue weighted by Crippen LogP contribution is -2.50. The average molecular weight is 203 g/mol. The second-order valence-electron chi connectivity index (χ2n) is 3.91. The van der Waals surface area contributed by atoms with Crippen molar-refractivity contribution in [3.8, 4) is 5.95 Å². The molecular weight excluding hydrogens is 190 g/mol. The van der Waals surface area contributed by atoms with E-state index in [0.717, 1.165) is 29.6 Å². The van der Waals surface area contributed by atoms with Crippen LogP contribution in [-0.2, 0) is 0 Å². The molecular formula is C12H13NO2. The minimum absolute atomic E-state index is 0.268. The van der Waals surface area contributed by atoms with Crippen LogP contribution in [0.4, 0.5) is 0 Å². The van der Waals surface area contributed by atoms with Gasteiger partial charge in [0, 0.05) is 24.0 Å². The molecule has 1 N–H and O–H groups in total. The van der Waals surface area contributed by atoms with Crippen molar-refractivity contribution in [2.24, 2.45) is 0 Å². The summed E-state index contributed by atoms with van der Waals surface area (Å²) >= 11 is 0. The Kier molecular flexibility index (Phi) is 1.92. The van der Waals surface area contributed by atoms with E-state index in [0.29, 0.717) is 5.95 Å². The highest BCUT2D eigenvalue weighted by Gasteiger charge is 2.21. The van der Waals surface area contributed by atoms with Gasteiger partial charge in [-0.25, -0.2) is 0 Å². The van der Waals surface area contributed by atoms with Crippen molar-refractivity contribution in [3.05, 3.63) is 29.8 Å². The Labute approximate surface area is 88.0 Å². The third kappa shape index (κ3) is 1.39. The second-order valence-corrected chi connectivity index (χ2v) is 3.91. The molecule has 1 aliphatic heterocycles. The molecule has 1 aromatic heterocycles. The molecule has 0 radical (unpaired) electrons. The summed E-state index contributed by atoms with van der Waals surface area (Å²) in [5.41, 5.74) is 2.00. The van der Waals surface area contributed by atoms with E-state index in [4.69, 9.17) is 9.15 Å². The van der Waals surface area contributed by atoms with Crippen LogP contribution < -0.4 is 10.1 Å². The zero-order chi connectivity index (χ0) is 10.3. The fraction of sp³-hybridized carbons (Fsp3) is 0.333. The average Bonchev–Trinajstić information content (AvgIpc) is 2.51. The van der Waals surface area contributed by atoms with Gasteiger partial charge >= 0.3 is 0 Å². The van der Waals surface area contributed by atoms with Crippen molar-refractivity contribution in [2.45, 2.75) is 13.0 Å². The van der Waals surface area contributed by atoms with Crippen molar-refractivity contribution in [1.82, 2.24) is 5.32 Å². The van der Waals surface area contributed by atoms with Gasteiger partial charge < -0.3 is 14.5 Å². The maximum Gasteiger partial charge on any atom is 0.288 e. The van der Waals surface area contributed by atoms with Gasteiger partial charge in [0.2, 0.25) is 0 Å². The van der Waals surface area contributed by atoms with Gasteiger partial charge in [-0.3, -0.25) is 0 Å². The summed E-state index contributed by atoms with van der Waals surface area (Å²) < 4.78 is 11.4. The Hall–Kier alpha value is -1.48. The van der Waals surface area contributed by atoms with Gasteiger partial charge in [0.05, 0.1) is 0 Å². The van der Waals surface area contributed by atoms with Crippen molar-refractivity contribution < 1.29 is 9.15 Å². The zero-order valence-electron chi connectivity index (χ0n) is 8.62. The first-order chi connectivity index (χ1) is 7.34. The van der Waals surface area contributed by atoms with E-state index in [1.807, 2.05) is 25.1 Å². The molecule has 0 amide bonds.